The van der Waals surface area contributed by atoms with Gasteiger partial charge in [-0.05, 0) is 6.42 Å². The van der Waals surface area contributed by atoms with Gasteiger partial charge in [0.15, 0.2) is 0 Å². The first-order chi connectivity index (χ1) is 3.81. The van der Waals surface area contributed by atoms with Crippen molar-refractivity contribution in [2.75, 3.05) is 6.61 Å². The van der Waals surface area contributed by atoms with Crippen LogP contribution in [0.3, 0.4) is 0 Å². The van der Waals surface area contributed by atoms with Crippen LogP contribution in [0.15, 0.2) is 0 Å². The van der Waals surface area contributed by atoms with Gasteiger partial charge in [0, 0.05) is 0 Å². The molecule has 9 heavy (non-hydrogen) atoms. The van der Waals surface area contributed by atoms with E-state index in [2.05, 4.69) is 15.0 Å². The van der Waals surface area contributed by atoms with E-state index < -0.39 is 8.25 Å². The van der Waals surface area contributed by atoms with Crippen LogP contribution in [0.1, 0.15) is 13.3 Å². The topological polar surface area (TPSA) is 61.5 Å². The van der Waals surface area contributed by atoms with Gasteiger partial charge in [0.2, 0.25) is 0 Å². The van der Waals surface area contributed by atoms with Gasteiger partial charge in [0.05, 0.1) is 6.61 Å². The molecule has 0 bridgehead atoms. The van der Waals surface area contributed by atoms with Crippen LogP contribution in [0.2, 0.25) is 0 Å². The van der Waals surface area contributed by atoms with Crippen molar-refractivity contribution in [1.29, 1.82) is 0 Å². The minimum atomic E-state index is -2.36. The van der Waals surface area contributed by atoms with Gasteiger partial charge in [-0.3, -0.25) is 4.57 Å². The number of hydrogen-bond donors (Lipinski definition) is 1. The predicted octanol–water partition coefficient (Wildman–Crippen LogP) is 0.0445. The van der Waals surface area contributed by atoms with Crippen LogP contribution in [-0.4, -0.2) is 36.2 Å². The minimum absolute atomic E-state index is 0. The SMILES string of the molecule is CCCO[PH](=O)ON.[NaH]. The molecule has 0 aliphatic heterocycles. The van der Waals surface area contributed by atoms with Gasteiger partial charge in [-0.25, -0.2) is 10.5 Å². The molecule has 0 spiro atoms. The van der Waals surface area contributed by atoms with Gasteiger partial charge < -0.3 is 4.52 Å². The molecule has 0 saturated carbocycles. The Kier molecular flexibility index (Phi) is 12.9. The summed E-state index contributed by atoms with van der Waals surface area (Å²) in [6.07, 6.45) is 0.819. The third-order valence-corrected chi connectivity index (χ3v) is 1.15. The maximum absolute atomic E-state index is 10.2. The number of rotatable bonds is 4. The van der Waals surface area contributed by atoms with Crippen molar-refractivity contribution in [3.05, 3.63) is 0 Å². The van der Waals surface area contributed by atoms with Crippen LogP contribution in [0, 0.1) is 0 Å². The molecule has 0 aliphatic rings. The zero-order valence-electron chi connectivity index (χ0n) is 4.72. The van der Waals surface area contributed by atoms with Gasteiger partial charge in [0.25, 0.3) is 0 Å². The molecule has 0 aliphatic carbocycles. The summed E-state index contributed by atoms with van der Waals surface area (Å²) >= 11 is 0. The van der Waals surface area contributed by atoms with Crippen LogP contribution in [-0.2, 0) is 13.7 Å². The van der Waals surface area contributed by atoms with E-state index in [1.165, 1.54) is 0 Å². The molecule has 6 heteroatoms. The Bertz CT molecular complexity index is 81.5. The standard InChI is InChI=1S/C3H10NO3P.Na.H/c1-2-3-6-8(5)7-4;;/h8H,2-4H2,1H3;;. The van der Waals surface area contributed by atoms with Gasteiger partial charge in [-0.1, -0.05) is 6.92 Å². The summed E-state index contributed by atoms with van der Waals surface area (Å²) in [5.74, 6) is 4.52. The summed E-state index contributed by atoms with van der Waals surface area (Å²) in [6.45, 7) is 2.35. The van der Waals surface area contributed by atoms with Gasteiger partial charge in [0.1, 0.15) is 0 Å². The molecule has 2 N–H and O–H groups in total. The molecule has 0 saturated heterocycles. The Labute approximate surface area is 77.3 Å². The Morgan fingerprint density at radius 3 is 2.56 bits per heavy atom. The molecular weight excluding hydrogens is 152 g/mol. The van der Waals surface area contributed by atoms with E-state index in [0.717, 1.165) is 6.42 Å². The maximum atomic E-state index is 10.2. The van der Waals surface area contributed by atoms with Crippen LogP contribution in [0.25, 0.3) is 0 Å². The Hall–Kier alpha value is 1.11. The van der Waals surface area contributed by atoms with E-state index >= 15 is 0 Å². The average Bonchev–Trinajstić information content (AvgIpc) is 1.83. The third-order valence-electron chi connectivity index (χ3n) is 0.520. The molecule has 0 aromatic carbocycles. The van der Waals surface area contributed by atoms with Crippen molar-refractivity contribution in [3.8, 4) is 0 Å². The van der Waals surface area contributed by atoms with E-state index in [1.54, 1.807) is 0 Å². The second-order valence-corrected chi connectivity index (χ2v) is 2.24. The van der Waals surface area contributed by atoms with Crippen molar-refractivity contribution in [3.63, 3.8) is 0 Å². The average molecular weight is 163 g/mol. The first-order valence-electron chi connectivity index (χ1n) is 2.34. The molecule has 0 fully saturated rings. The van der Waals surface area contributed by atoms with E-state index in [4.69, 9.17) is 0 Å². The van der Waals surface area contributed by atoms with E-state index in [0.29, 0.717) is 6.61 Å². The Morgan fingerprint density at radius 1 is 1.67 bits per heavy atom. The van der Waals surface area contributed by atoms with Crippen molar-refractivity contribution in [2.45, 2.75) is 13.3 Å². The molecule has 0 rings (SSSR count). The van der Waals surface area contributed by atoms with Crippen LogP contribution >= 0.6 is 8.25 Å². The van der Waals surface area contributed by atoms with Crippen LogP contribution < -0.4 is 5.90 Å². The summed E-state index contributed by atoms with van der Waals surface area (Å²) in [5, 5.41) is 0. The summed E-state index contributed by atoms with van der Waals surface area (Å²) in [7, 11) is -2.36. The molecule has 1 atom stereocenters. The van der Waals surface area contributed by atoms with E-state index in [9.17, 15) is 4.57 Å². The van der Waals surface area contributed by atoms with E-state index in [-0.39, 0.29) is 29.6 Å². The monoisotopic (exact) mass is 163 g/mol. The number of hydrogen-bond acceptors (Lipinski definition) is 4. The third kappa shape index (κ3) is 9.11. The fourth-order valence-corrected chi connectivity index (χ4v) is 0.658. The van der Waals surface area contributed by atoms with Crippen molar-refractivity contribution in [2.24, 2.45) is 5.90 Å². The van der Waals surface area contributed by atoms with Gasteiger partial charge in [-0.15, -0.1) is 0 Å². The second-order valence-electron chi connectivity index (χ2n) is 1.22. The predicted molar refractivity (Wildman–Crippen MR) is 37.7 cm³/mol. The zero-order valence-corrected chi connectivity index (χ0v) is 5.72. The second kappa shape index (κ2) is 9.11. The molecule has 52 valence electrons. The van der Waals surface area contributed by atoms with Crippen LogP contribution in [0.4, 0.5) is 0 Å². The van der Waals surface area contributed by atoms with Crippen molar-refractivity contribution < 1.29 is 13.7 Å². The molecule has 0 heterocycles. The first kappa shape index (κ1) is 12.8. The van der Waals surface area contributed by atoms with E-state index in [1.807, 2.05) is 6.92 Å². The fourth-order valence-electron chi connectivity index (χ4n) is 0.219. The Morgan fingerprint density at radius 2 is 2.22 bits per heavy atom. The molecule has 1 unspecified atom stereocenters. The number of nitrogens with two attached hydrogens (primary N) is 1. The molecule has 0 amide bonds. The summed E-state index contributed by atoms with van der Waals surface area (Å²) in [5.41, 5.74) is 0. The van der Waals surface area contributed by atoms with Crippen molar-refractivity contribution in [1.82, 2.24) is 0 Å². The molecular formula is C3H11NNaO3P. The summed E-state index contributed by atoms with van der Waals surface area (Å²) < 4.78 is 18.6. The first-order valence-corrected chi connectivity index (χ1v) is 3.57. The molecule has 0 aromatic heterocycles. The summed E-state index contributed by atoms with van der Waals surface area (Å²) in [4.78, 5) is 0. The Balaban J connectivity index is 0. The molecule has 0 aromatic rings. The summed E-state index contributed by atoms with van der Waals surface area (Å²) in [6, 6.07) is 0. The zero-order chi connectivity index (χ0) is 6.41. The van der Waals surface area contributed by atoms with Crippen molar-refractivity contribution >= 4 is 37.8 Å². The molecule has 0 radical (unpaired) electrons. The quantitative estimate of drug-likeness (QED) is 0.361. The van der Waals surface area contributed by atoms with Crippen LogP contribution in [0.5, 0.6) is 0 Å². The normalized spacial score (nSPS) is 12.2. The van der Waals surface area contributed by atoms with Gasteiger partial charge in [-0.2, -0.15) is 0 Å². The van der Waals surface area contributed by atoms with Gasteiger partial charge >= 0.3 is 37.8 Å². The molecule has 4 nitrogen and oxygen atoms in total. The fraction of sp³-hybridized carbons (Fsp3) is 1.00.